The summed E-state index contributed by atoms with van der Waals surface area (Å²) in [5.41, 5.74) is -6.92. The van der Waals surface area contributed by atoms with Crippen molar-refractivity contribution < 1.29 is 131 Å². The van der Waals surface area contributed by atoms with Gasteiger partial charge in [0, 0.05) is 44.0 Å². The van der Waals surface area contributed by atoms with Crippen LogP contribution in [0.1, 0.15) is 11.1 Å². The van der Waals surface area contributed by atoms with E-state index in [0.29, 0.717) is 15.5 Å². The molecule has 1 radical (unpaired) electrons. The zero-order valence-electron chi connectivity index (χ0n) is 22.6. The summed E-state index contributed by atoms with van der Waals surface area (Å²) in [7, 11) is 0.628. The molecule has 4 nitrogen and oxygen atoms in total. The first-order chi connectivity index (χ1) is 21.4. The van der Waals surface area contributed by atoms with Gasteiger partial charge in [-0.1, -0.05) is 56.8 Å². The van der Waals surface area contributed by atoms with Crippen molar-refractivity contribution in [3.8, 4) is 11.5 Å². The molecule has 0 amide bonds. The van der Waals surface area contributed by atoms with Gasteiger partial charge in [0.05, 0.1) is 8.12 Å². The van der Waals surface area contributed by atoms with Crippen LogP contribution in [0.3, 0.4) is 0 Å². The number of alkyl halides is 20. The van der Waals surface area contributed by atoms with Gasteiger partial charge in [-0.05, 0) is 17.8 Å². The molecule has 0 spiro atoms. The van der Waals surface area contributed by atoms with Gasteiger partial charge >= 0.3 is 93.0 Å². The maximum atomic E-state index is 13.7. The summed E-state index contributed by atoms with van der Waals surface area (Å²) in [4.78, 5) is 0. The third-order valence-corrected chi connectivity index (χ3v) is 4.74. The van der Waals surface area contributed by atoms with Gasteiger partial charge in [0.2, 0.25) is 0 Å². The van der Waals surface area contributed by atoms with Crippen LogP contribution in [0.4, 0.5) is 90.4 Å². The smallest absolute Gasteiger partial charge is 0 e. The van der Waals surface area contributed by atoms with Crippen LogP contribution in [0.15, 0.2) is 30.3 Å². The number of rotatable bonds is 6. The van der Waals surface area contributed by atoms with E-state index in [9.17, 15) is 79.0 Å². The predicted molar refractivity (Wildman–Crippen MR) is 165 cm³/mol. The summed E-state index contributed by atoms with van der Waals surface area (Å²) < 4.78 is 233. The quantitative estimate of drug-likeness (QED) is 0.0994. The summed E-state index contributed by atoms with van der Waals surface area (Å²) in [6.07, 6.45) is -25.5. The Labute approximate surface area is 345 Å². The molecule has 49 heavy (non-hydrogen) atoms. The zero-order chi connectivity index (χ0) is 38.7. The minimum atomic E-state index is -6.38. The fraction of sp³-hybridized carbons (Fsp3) is 0.429. The van der Waals surface area contributed by atoms with Gasteiger partial charge in [0.1, 0.15) is 5.75 Å². The summed E-state index contributed by atoms with van der Waals surface area (Å²) >= 11 is 9.29. The largest absolute Gasteiger partial charge is 0 e. The average molecular weight is 1310 g/mol. The number of hydrogen-bond donors (Lipinski definition) is 2. The number of hydrogen-bond acceptors (Lipinski definition) is 4. The molecule has 2 rings (SSSR count). The summed E-state index contributed by atoms with van der Waals surface area (Å²) in [6, 6.07) is 1.70. The molecule has 0 aliphatic rings. The van der Waals surface area contributed by atoms with Crippen LogP contribution in [0, 0.1) is 6.07 Å². The second-order valence-electron chi connectivity index (χ2n) is 7.65. The molecule has 0 atom stereocenters. The minimum Gasteiger partial charge on any atom is 0 e. The van der Waals surface area contributed by atoms with Crippen molar-refractivity contribution in [1.29, 1.82) is 0 Å². The van der Waals surface area contributed by atoms with Crippen LogP contribution in [-0.4, -0.2) is 40.4 Å². The first kappa shape index (κ1) is 54.3. The van der Waals surface area contributed by atoms with Crippen LogP contribution in [-0.2, 0) is 53.5 Å². The number of halogens is 22. The monoisotopic (exact) mass is 1310 g/mol. The molecule has 4 N–H and O–H groups in total. The van der Waals surface area contributed by atoms with E-state index in [1.807, 2.05) is 0 Å². The summed E-state index contributed by atoms with van der Waals surface area (Å²) in [5.74, 6) is -2.45. The molecule has 0 aliphatic carbocycles. The van der Waals surface area contributed by atoms with Crippen LogP contribution < -0.4 is 20.9 Å². The Kier molecular flexibility index (Phi) is 24.8. The number of benzene rings is 2. The Morgan fingerprint density at radius 2 is 0.939 bits per heavy atom. The number of nitrogens with two attached hydrogens (primary N) is 2. The maximum Gasteiger partial charge on any atom is 0 e. The van der Waals surface area contributed by atoms with Gasteiger partial charge in [0.25, 0.3) is 5.67 Å². The first-order valence-corrected chi connectivity index (χ1v) is 22.8. The maximum absolute atomic E-state index is 13.7. The predicted octanol–water partition coefficient (Wildman–Crippen LogP) is 11.7. The zero-order valence-corrected chi connectivity index (χ0v) is 35.4. The van der Waals surface area contributed by atoms with E-state index >= 15 is 0 Å². The Hall–Kier alpha value is 0.988. The number of nitrogen functional groups attached to an aromatic ring is 2. The van der Waals surface area contributed by atoms with Gasteiger partial charge in [-0.2, -0.15) is 82.4 Å². The molecule has 0 saturated heterocycles. The van der Waals surface area contributed by atoms with Crippen LogP contribution in [0.2, 0.25) is 0 Å². The Balaban J connectivity index is -0.000000730. The molecule has 2 aromatic rings. The van der Waals surface area contributed by atoms with E-state index in [1.165, 1.54) is 2.43 Å². The molecule has 0 aliphatic heterocycles. The summed E-state index contributed by atoms with van der Waals surface area (Å²) in [5, 5.41) is 0. The fourth-order valence-electron chi connectivity index (χ4n) is 2.80. The van der Waals surface area contributed by atoms with Crippen molar-refractivity contribution in [2.24, 2.45) is 0 Å². The normalized spacial score (nSPS) is 12.3. The molecular formula is C21H13F18I4N2O2VY-. The van der Waals surface area contributed by atoms with Crippen LogP contribution >= 0.6 is 85.1 Å². The van der Waals surface area contributed by atoms with Gasteiger partial charge in [-0.3, -0.25) is 0 Å². The van der Waals surface area contributed by atoms with Crippen molar-refractivity contribution in [3.63, 3.8) is 0 Å². The van der Waals surface area contributed by atoms with Gasteiger partial charge < -0.3 is 20.9 Å². The molecule has 28 heteroatoms. The second-order valence-corrected chi connectivity index (χ2v) is 23.9. The van der Waals surface area contributed by atoms with Gasteiger partial charge in [-0.25, -0.2) is 8.78 Å². The number of anilines is 2. The SMILES string of the molecule is ICI.Nc1[c-]cc(C(F)(C(F)(F)F)C(F)(F)F)cc1OC(F)F.Nc1ccc(C(F)(C(F)(F)F)C(F)(F)F)cc1OC(F)F.[I][V][I].[Y]. The molecule has 0 fully saturated rings. The van der Waals surface area contributed by atoms with Crippen LogP contribution in [0.5, 0.6) is 11.5 Å². The van der Waals surface area contributed by atoms with Crippen molar-refractivity contribution in [2.45, 2.75) is 49.3 Å². The molecule has 0 aromatic heterocycles. The van der Waals surface area contributed by atoms with E-state index in [2.05, 4.69) is 94.6 Å². The molecule has 0 bridgehead atoms. The molecule has 0 heterocycles. The Morgan fingerprint density at radius 1 is 0.633 bits per heavy atom. The second kappa shape index (κ2) is 22.4. The molecule has 0 saturated carbocycles. The third kappa shape index (κ3) is 15.7. The van der Waals surface area contributed by atoms with Crippen LogP contribution in [0.25, 0.3) is 0 Å². The van der Waals surface area contributed by atoms with Gasteiger partial charge in [0.15, 0.2) is 0 Å². The van der Waals surface area contributed by atoms with Crippen molar-refractivity contribution in [2.75, 3.05) is 13.9 Å². The average Bonchev–Trinajstić information content (AvgIpc) is 2.88. The molecule has 282 valence electrons. The molecule has 0 unspecified atom stereocenters. The Bertz CT molecular complexity index is 1150. The standard InChI is InChI=1S/C10H6F9NO.C10H5F9NO.CH2I2.2HI.V.Y/c2*11-7(12)21-6-3-4(1-2-5(6)20)8(13,9(14,15)16)10(17,18)19;2-1-3;;;;/h1-3,7H,20H2;1,3,7H,20H2;1H2;2*1H;;/q;-1;;;;+2;/p-2. The van der Waals surface area contributed by atoms with Gasteiger partial charge in [-0.15, -0.1) is 6.07 Å². The van der Waals surface area contributed by atoms with Crippen molar-refractivity contribution >= 4 is 96.5 Å². The van der Waals surface area contributed by atoms with E-state index in [1.54, 1.807) is 6.07 Å². The van der Waals surface area contributed by atoms with Crippen molar-refractivity contribution in [3.05, 3.63) is 47.5 Å². The summed E-state index contributed by atoms with van der Waals surface area (Å²) in [6.45, 7) is -7.14. The van der Waals surface area contributed by atoms with E-state index in [0.717, 1.165) is 0 Å². The Morgan fingerprint density at radius 3 is 1.27 bits per heavy atom. The van der Waals surface area contributed by atoms with E-state index in [-0.39, 0.29) is 57.0 Å². The van der Waals surface area contributed by atoms with Crippen molar-refractivity contribution in [1.82, 2.24) is 0 Å². The first-order valence-electron chi connectivity index (χ1n) is 10.7. The van der Waals surface area contributed by atoms with E-state index in [4.69, 9.17) is 11.5 Å². The fourth-order valence-corrected chi connectivity index (χ4v) is 2.80. The molecular weight excluding hydrogens is 1300 g/mol. The minimum absolute atomic E-state index is 0. The third-order valence-electron chi connectivity index (χ3n) is 4.74. The molecule has 2 aromatic carbocycles. The topological polar surface area (TPSA) is 70.5 Å². The van der Waals surface area contributed by atoms with E-state index < -0.39 is 83.3 Å². The number of ether oxygens (including phenoxy) is 2.